The van der Waals surface area contributed by atoms with E-state index in [0.29, 0.717) is 10.4 Å². The fourth-order valence-corrected chi connectivity index (χ4v) is 3.31. The fraction of sp³-hybridized carbons (Fsp3) is 0.125. The molecule has 0 saturated carbocycles. The normalized spacial score (nSPS) is 12.8. The Morgan fingerprint density at radius 2 is 1.70 bits per heavy atom. The first kappa shape index (κ1) is 13.2. The third-order valence-corrected chi connectivity index (χ3v) is 4.46. The van der Waals surface area contributed by atoms with Crippen molar-refractivity contribution in [2.24, 2.45) is 0 Å². The molecule has 0 amide bonds. The van der Waals surface area contributed by atoms with E-state index in [4.69, 9.17) is 0 Å². The van der Waals surface area contributed by atoms with Gasteiger partial charge < -0.3 is 5.11 Å². The number of benzene rings is 2. The molecular formula is C16H12F2OS. The van der Waals surface area contributed by atoms with Crippen LogP contribution in [0.3, 0.4) is 0 Å². The predicted octanol–water partition coefficient (Wildman–Crippen LogP) is 4.57. The maximum Gasteiger partial charge on any atom is 0.124 e. The molecule has 0 radical (unpaired) electrons. The van der Waals surface area contributed by atoms with Gasteiger partial charge in [-0.25, -0.2) is 8.78 Å². The first-order valence-corrected chi connectivity index (χ1v) is 6.99. The second kappa shape index (κ2) is 4.96. The highest BCUT2D eigenvalue weighted by Gasteiger charge is 2.16. The number of hydrogen-bond acceptors (Lipinski definition) is 2. The lowest BCUT2D eigenvalue weighted by Gasteiger charge is -2.12. The van der Waals surface area contributed by atoms with E-state index in [-0.39, 0.29) is 11.6 Å². The SMILES string of the molecule is Cc1ccc(F)cc1C(O)c1cc2ccc(F)cc2s1. The lowest BCUT2D eigenvalue weighted by molar-refractivity contribution is 0.223. The number of aliphatic hydroxyl groups is 1. The van der Waals surface area contributed by atoms with Gasteiger partial charge in [-0.05, 0) is 53.8 Å². The van der Waals surface area contributed by atoms with Crippen molar-refractivity contribution in [3.63, 3.8) is 0 Å². The van der Waals surface area contributed by atoms with E-state index in [1.54, 1.807) is 12.1 Å². The van der Waals surface area contributed by atoms with Gasteiger partial charge in [0.2, 0.25) is 0 Å². The Kier molecular flexibility index (Phi) is 3.28. The molecule has 1 N–H and O–H groups in total. The van der Waals surface area contributed by atoms with E-state index in [1.165, 1.54) is 35.6 Å². The molecule has 20 heavy (non-hydrogen) atoms. The molecule has 4 heteroatoms. The zero-order valence-corrected chi connectivity index (χ0v) is 11.5. The zero-order chi connectivity index (χ0) is 14.3. The van der Waals surface area contributed by atoms with Gasteiger partial charge in [0.05, 0.1) is 0 Å². The Morgan fingerprint density at radius 3 is 2.50 bits per heavy atom. The molecule has 1 heterocycles. The van der Waals surface area contributed by atoms with Gasteiger partial charge in [0.1, 0.15) is 17.7 Å². The highest BCUT2D eigenvalue weighted by molar-refractivity contribution is 7.19. The molecule has 1 unspecified atom stereocenters. The minimum absolute atomic E-state index is 0.303. The summed E-state index contributed by atoms with van der Waals surface area (Å²) in [6.45, 7) is 1.82. The van der Waals surface area contributed by atoms with Crippen LogP contribution in [0.4, 0.5) is 8.78 Å². The van der Waals surface area contributed by atoms with Crippen LogP contribution >= 0.6 is 11.3 Å². The van der Waals surface area contributed by atoms with Gasteiger partial charge in [0.25, 0.3) is 0 Å². The van der Waals surface area contributed by atoms with Crippen molar-refractivity contribution in [2.75, 3.05) is 0 Å². The molecule has 1 nitrogen and oxygen atoms in total. The first-order valence-electron chi connectivity index (χ1n) is 6.18. The van der Waals surface area contributed by atoms with Gasteiger partial charge >= 0.3 is 0 Å². The number of aryl methyl sites for hydroxylation is 1. The molecule has 0 aliphatic rings. The van der Waals surface area contributed by atoms with Crippen molar-refractivity contribution in [3.05, 3.63) is 70.1 Å². The molecule has 1 atom stereocenters. The lowest BCUT2D eigenvalue weighted by Crippen LogP contribution is -2.00. The highest BCUT2D eigenvalue weighted by Crippen LogP contribution is 2.34. The molecule has 0 spiro atoms. The second-order valence-corrected chi connectivity index (χ2v) is 5.85. The summed E-state index contributed by atoms with van der Waals surface area (Å²) in [6, 6.07) is 10.7. The second-order valence-electron chi connectivity index (χ2n) is 4.73. The average Bonchev–Trinajstić information content (AvgIpc) is 2.83. The van der Waals surface area contributed by atoms with Crippen molar-refractivity contribution in [2.45, 2.75) is 13.0 Å². The van der Waals surface area contributed by atoms with Crippen LogP contribution in [0.5, 0.6) is 0 Å². The van der Waals surface area contributed by atoms with Crippen LogP contribution in [-0.2, 0) is 0 Å². The van der Waals surface area contributed by atoms with Gasteiger partial charge in [-0.15, -0.1) is 11.3 Å². The van der Waals surface area contributed by atoms with E-state index in [9.17, 15) is 13.9 Å². The van der Waals surface area contributed by atoms with Crippen LogP contribution in [0.15, 0.2) is 42.5 Å². The number of thiophene rings is 1. The third-order valence-electron chi connectivity index (χ3n) is 3.31. The van der Waals surface area contributed by atoms with E-state index in [0.717, 1.165) is 15.6 Å². The van der Waals surface area contributed by atoms with Crippen molar-refractivity contribution >= 4 is 21.4 Å². The Balaban J connectivity index is 2.07. The Bertz CT molecular complexity index is 779. The van der Waals surface area contributed by atoms with E-state index in [1.807, 2.05) is 13.0 Å². The molecule has 1 aromatic heterocycles. The van der Waals surface area contributed by atoms with Crippen molar-refractivity contribution < 1.29 is 13.9 Å². The summed E-state index contributed by atoms with van der Waals surface area (Å²) in [6.07, 6.45) is -0.897. The smallest absolute Gasteiger partial charge is 0.124 e. The van der Waals surface area contributed by atoms with Crippen LogP contribution < -0.4 is 0 Å². The van der Waals surface area contributed by atoms with E-state index < -0.39 is 6.10 Å². The maximum absolute atomic E-state index is 13.3. The Hall–Kier alpha value is -1.78. The molecular weight excluding hydrogens is 278 g/mol. The largest absolute Gasteiger partial charge is 0.383 e. The van der Waals surface area contributed by atoms with Crippen LogP contribution in [0.2, 0.25) is 0 Å². The average molecular weight is 290 g/mol. The summed E-state index contributed by atoms with van der Waals surface area (Å²) >= 11 is 1.32. The van der Waals surface area contributed by atoms with Crippen molar-refractivity contribution in [3.8, 4) is 0 Å². The molecule has 3 rings (SSSR count). The molecule has 0 fully saturated rings. The van der Waals surface area contributed by atoms with Gasteiger partial charge in [-0.1, -0.05) is 12.1 Å². The number of fused-ring (bicyclic) bond motifs is 1. The summed E-state index contributed by atoms with van der Waals surface area (Å²) < 4.78 is 27.3. The Labute approximate surface area is 119 Å². The van der Waals surface area contributed by atoms with Gasteiger partial charge in [-0.3, -0.25) is 0 Å². The summed E-state index contributed by atoms with van der Waals surface area (Å²) in [5, 5.41) is 11.3. The summed E-state index contributed by atoms with van der Waals surface area (Å²) in [5.74, 6) is -0.681. The molecule has 102 valence electrons. The van der Waals surface area contributed by atoms with Crippen LogP contribution in [0, 0.1) is 18.6 Å². The number of halogens is 2. The predicted molar refractivity (Wildman–Crippen MR) is 77.0 cm³/mol. The zero-order valence-electron chi connectivity index (χ0n) is 10.7. The summed E-state index contributed by atoms with van der Waals surface area (Å²) in [5.41, 5.74) is 1.36. The fourth-order valence-electron chi connectivity index (χ4n) is 2.22. The monoisotopic (exact) mass is 290 g/mol. The molecule has 2 aromatic carbocycles. The van der Waals surface area contributed by atoms with Gasteiger partial charge in [0, 0.05) is 9.58 Å². The third kappa shape index (κ3) is 2.32. The van der Waals surface area contributed by atoms with Crippen molar-refractivity contribution in [1.82, 2.24) is 0 Å². The number of aliphatic hydroxyl groups excluding tert-OH is 1. The lowest BCUT2D eigenvalue weighted by atomic mass is 10.0. The van der Waals surface area contributed by atoms with Crippen LogP contribution in [0.25, 0.3) is 10.1 Å². The molecule has 3 aromatic rings. The highest BCUT2D eigenvalue weighted by atomic mass is 32.1. The molecule has 0 saturated heterocycles. The van der Waals surface area contributed by atoms with Crippen LogP contribution in [-0.4, -0.2) is 5.11 Å². The standard InChI is InChI=1S/C16H12F2OS/c1-9-2-4-11(17)7-13(9)16(19)15-6-10-3-5-12(18)8-14(10)20-15/h2-8,16,19H,1H3. The first-order chi connectivity index (χ1) is 9.54. The number of hydrogen-bond donors (Lipinski definition) is 1. The van der Waals surface area contributed by atoms with Gasteiger partial charge in [-0.2, -0.15) is 0 Å². The minimum atomic E-state index is -0.897. The van der Waals surface area contributed by atoms with Crippen LogP contribution in [0.1, 0.15) is 22.1 Å². The summed E-state index contributed by atoms with van der Waals surface area (Å²) in [7, 11) is 0. The number of rotatable bonds is 2. The van der Waals surface area contributed by atoms with E-state index >= 15 is 0 Å². The topological polar surface area (TPSA) is 20.2 Å². The van der Waals surface area contributed by atoms with E-state index in [2.05, 4.69) is 0 Å². The maximum atomic E-state index is 13.3. The van der Waals surface area contributed by atoms with Gasteiger partial charge in [0.15, 0.2) is 0 Å². The van der Waals surface area contributed by atoms with Crippen molar-refractivity contribution in [1.29, 1.82) is 0 Å². The molecule has 0 aliphatic heterocycles. The molecule has 0 bridgehead atoms. The minimum Gasteiger partial charge on any atom is -0.383 e. The quantitative estimate of drug-likeness (QED) is 0.733. The molecule has 0 aliphatic carbocycles. The Morgan fingerprint density at radius 1 is 1.00 bits per heavy atom. The summed E-state index contributed by atoms with van der Waals surface area (Å²) in [4.78, 5) is 0.680.